The van der Waals surface area contributed by atoms with Gasteiger partial charge >= 0.3 is 0 Å². The molecule has 0 aromatic rings. The van der Waals surface area contributed by atoms with E-state index in [-0.39, 0.29) is 36.7 Å². The minimum Gasteiger partial charge on any atom is -0.294 e. The lowest BCUT2D eigenvalue weighted by Gasteiger charge is -2.47. The number of carbonyl (C=O) groups excluding carboxylic acids is 4. The van der Waals surface area contributed by atoms with Crippen molar-refractivity contribution in [2.45, 2.75) is 12.1 Å². The fourth-order valence-corrected chi connectivity index (χ4v) is 2.67. The topological polar surface area (TPSA) is 98.8 Å². The standard InChI is InChI=1S/C10H12N4O4/c15-7-3-13-1-5-9(17)11-8(16)4-14(5)2-6(13)10(18)12-7/h5-6H,1-4H2,(H,11,16,17)(H,12,15,18)/t5-,6+. The highest BCUT2D eigenvalue weighted by atomic mass is 16.2. The summed E-state index contributed by atoms with van der Waals surface area (Å²) in [5.41, 5.74) is 0. The molecule has 0 spiro atoms. The second-order valence-electron chi connectivity index (χ2n) is 4.72. The Morgan fingerprint density at radius 2 is 1.17 bits per heavy atom. The lowest BCUT2D eigenvalue weighted by atomic mass is 10.0. The molecule has 3 aliphatic rings. The summed E-state index contributed by atoms with van der Waals surface area (Å²) >= 11 is 0. The molecule has 8 nitrogen and oxygen atoms in total. The average molecular weight is 252 g/mol. The summed E-state index contributed by atoms with van der Waals surface area (Å²) in [6.45, 7) is 0.815. The zero-order valence-electron chi connectivity index (χ0n) is 9.51. The van der Waals surface area contributed by atoms with Crippen molar-refractivity contribution in [2.24, 2.45) is 0 Å². The van der Waals surface area contributed by atoms with E-state index in [0.717, 1.165) is 0 Å². The molecule has 3 saturated heterocycles. The van der Waals surface area contributed by atoms with Crippen LogP contribution < -0.4 is 10.6 Å². The van der Waals surface area contributed by atoms with E-state index in [2.05, 4.69) is 10.6 Å². The van der Waals surface area contributed by atoms with E-state index in [4.69, 9.17) is 0 Å². The molecule has 0 saturated carbocycles. The zero-order valence-corrected chi connectivity index (χ0v) is 9.51. The number of nitrogens with one attached hydrogen (secondary N) is 2. The van der Waals surface area contributed by atoms with Gasteiger partial charge in [0.15, 0.2) is 0 Å². The van der Waals surface area contributed by atoms with E-state index in [1.165, 1.54) is 0 Å². The highest BCUT2D eigenvalue weighted by Gasteiger charge is 2.46. The van der Waals surface area contributed by atoms with Crippen molar-refractivity contribution in [1.82, 2.24) is 20.4 Å². The van der Waals surface area contributed by atoms with Crippen LogP contribution in [0.4, 0.5) is 0 Å². The van der Waals surface area contributed by atoms with Crippen LogP contribution >= 0.6 is 0 Å². The van der Waals surface area contributed by atoms with Crippen LogP contribution in [0.2, 0.25) is 0 Å². The monoisotopic (exact) mass is 252 g/mol. The Kier molecular flexibility index (Phi) is 2.42. The summed E-state index contributed by atoms with van der Waals surface area (Å²) in [7, 11) is 0. The molecule has 4 amide bonds. The number of imide groups is 2. The van der Waals surface area contributed by atoms with Crippen LogP contribution in [-0.2, 0) is 19.2 Å². The normalized spacial score (nSPS) is 33.6. The fraction of sp³-hybridized carbons (Fsp3) is 0.600. The van der Waals surface area contributed by atoms with E-state index in [1.54, 1.807) is 9.80 Å². The Bertz CT molecular complexity index is 421. The maximum absolute atomic E-state index is 11.7. The molecule has 96 valence electrons. The second-order valence-corrected chi connectivity index (χ2v) is 4.72. The van der Waals surface area contributed by atoms with Crippen LogP contribution in [0.15, 0.2) is 0 Å². The van der Waals surface area contributed by atoms with Gasteiger partial charge in [0.25, 0.3) is 0 Å². The van der Waals surface area contributed by atoms with Crippen molar-refractivity contribution < 1.29 is 19.2 Å². The molecule has 3 heterocycles. The first-order chi connectivity index (χ1) is 8.54. The van der Waals surface area contributed by atoms with Crippen LogP contribution in [0.25, 0.3) is 0 Å². The van der Waals surface area contributed by atoms with Crippen molar-refractivity contribution in [2.75, 3.05) is 26.2 Å². The zero-order chi connectivity index (χ0) is 12.9. The van der Waals surface area contributed by atoms with Crippen LogP contribution in [-0.4, -0.2) is 71.7 Å². The first kappa shape index (κ1) is 11.3. The summed E-state index contributed by atoms with van der Waals surface area (Å²) in [4.78, 5) is 49.3. The SMILES string of the molecule is O=C1CN2C[C@H]3C(=O)NC(=O)CN3C[C@@H]2C(=O)N1. The Hall–Kier alpha value is -1.80. The summed E-state index contributed by atoms with van der Waals surface area (Å²) in [5, 5.41) is 4.53. The van der Waals surface area contributed by atoms with Gasteiger partial charge in [0.2, 0.25) is 23.6 Å². The van der Waals surface area contributed by atoms with Gasteiger partial charge in [-0.2, -0.15) is 0 Å². The van der Waals surface area contributed by atoms with E-state index in [1.807, 2.05) is 0 Å². The molecule has 3 aliphatic heterocycles. The number of rotatable bonds is 0. The van der Waals surface area contributed by atoms with Gasteiger partial charge in [-0.05, 0) is 0 Å². The first-order valence-electron chi connectivity index (χ1n) is 5.70. The third-order valence-electron chi connectivity index (χ3n) is 3.52. The third-order valence-corrected chi connectivity index (χ3v) is 3.52. The van der Waals surface area contributed by atoms with Crippen molar-refractivity contribution >= 4 is 23.6 Å². The lowest BCUT2D eigenvalue weighted by Crippen LogP contribution is -2.72. The van der Waals surface area contributed by atoms with Gasteiger partial charge in [-0.3, -0.25) is 39.6 Å². The van der Waals surface area contributed by atoms with Crippen molar-refractivity contribution in [3.05, 3.63) is 0 Å². The van der Waals surface area contributed by atoms with E-state index in [9.17, 15) is 19.2 Å². The summed E-state index contributed by atoms with van der Waals surface area (Å²) in [6, 6.07) is -0.921. The van der Waals surface area contributed by atoms with Gasteiger partial charge in [0.1, 0.15) is 12.1 Å². The largest absolute Gasteiger partial charge is 0.294 e. The highest BCUT2D eigenvalue weighted by molar-refractivity contribution is 6.03. The number of amides is 4. The summed E-state index contributed by atoms with van der Waals surface area (Å²) < 4.78 is 0. The average Bonchev–Trinajstić information content (AvgIpc) is 2.27. The van der Waals surface area contributed by atoms with E-state index in [0.29, 0.717) is 13.1 Å². The van der Waals surface area contributed by atoms with Gasteiger partial charge < -0.3 is 0 Å². The molecule has 18 heavy (non-hydrogen) atoms. The van der Waals surface area contributed by atoms with Gasteiger partial charge in [0, 0.05) is 13.1 Å². The van der Waals surface area contributed by atoms with E-state index < -0.39 is 12.1 Å². The molecule has 3 fully saturated rings. The summed E-state index contributed by atoms with van der Waals surface area (Å²) in [5.74, 6) is -1.42. The molecule has 2 atom stereocenters. The van der Waals surface area contributed by atoms with Crippen LogP contribution in [0.5, 0.6) is 0 Å². The molecule has 0 aromatic carbocycles. The van der Waals surface area contributed by atoms with Crippen molar-refractivity contribution in [1.29, 1.82) is 0 Å². The van der Waals surface area contributed by atoms with Gasteiger partial charge in [-0.15, -0.1) is 0 Å². The smallest absolute Gasteiger partial charge is 0.245 e. The van der Waals surface area contributed by atoms with E-state index >= 15 is 0 Å². The Morgan fingerprint density at radius 3 is 1.56 bits per heavy atom. The molecule has 0 aromatic heterocycles. The predicted octanol–water partition coefficient (Wildman–Crippen LogP) is -3.35. The number of hydrogen-bond acceptors (Lipinski definition) is 6. The highest BCUT2D eigenvalue weighted by Crippen LogP contribution is 2.19. The molecule has 0 bridgehead atoms. The van der Waals surface area contributed by atoms with Crippen molar-refractivity contribution in [3.8, 4) is 0 Å². The van der Waals surface area contributed by atoms with Crippen LogP contribution in [0, 0.1) is 0 Å². The molecule has 0 radical (unpaired) electrons. The Balaban J connectivity index is 1.83. The molecule has 8 heteroatoms. The van der Waals surface area contributed by atoms with Gasteiger partial charge in [-0.1, -0.05) is 0 Å². The number of piperazine rings is 3. The molecule has 2 N–H and O–H groups in total. The minimum atomic E-state index is -0.461. The van der Waals surface area contributed by atoms with Crippen LogP contribution in [0.1, 0.15) is 0 Å². The summed E-state index contributed by atoms with van der Waals surface area (Å²) in [6.07, 6.45) is 0. The fourth-order valence-electron chi connectivity index (χ4n) is 2.67. The number of fused-ring (bicyclic) bond motifs is 2. The molecular formula is C10H12N4O4. The Labute approximate surface area is 102 Å². The van der Waals surface area contributed by atoms with Gasteiger partial charge in [0.05, 0.1) is 13.1 Å². The Morgan fingerprint density at radius 1 is 0.778 bits per heavy atom. The lowest BCUT2D eigenvalue weighted by molar-refractivity contribution is -0.153. The number of hydrogen-bond donors (Lipinski definition) is 2. The maximum atomic E-state index is 11.7. The first-order valence-corrected chi connectivity index (χ1v) is 5.70. The molecule has 3 rings (SSSR count). The predicted molar refractivity (Wildman–Crippen MR) is 57.0 cm³/mol. The second kappa shape index (κ2) is 3.85. The number of carbonyl (C=O) groups is 4. The van der Waals surface area contributed by atoms with Crippen molar-refractivity contribution in [3.63, 3.8) is 0 Å². The van der Waals surface area contributed by atoms with Gasteiger partial charge in [-0.25, -0.2) is 0 Å². The van der Waals surface area contributed by atoms with Crippen LogP contribution in [0.3, 0.4) is 0 Å². The molecular weight excluding hydrogens is 240 g/mol. The number of nitrogens with zero attached hydrogens (tertiary/aromatic N) is 2. The molecule has 0 unspecified atom stereocenters. The molecule has 0 aliphatic carbocycles. The quantitative estimate of drug-likeness (QED) is 0.437. The minimum absolute atomic E-state index is 0.113. The third kappa shape index (κ3) is 1.70. The maximum Gasteiger partial charge on any atom is 0.245 e.